The van der Waals surface area contributed by atoms with Crippen LogP contribution in [0.2, 0.25) is 0 Å². The van der Waals surface area contributed by atoms with Gasteiger partial charge < -0.3 is 14.8 Å². The summed E-state index contributed by atoms with van der Waals surface area (Å²) in [5.74, 6) is 1.39. The van der Waals surface area contributed by atoms with E-state index in [0.717, 1.165) is 30.4 Å². The Morgan fingerprint density at radius 2 is 2.05 bits per heavy atom. The summed E-state index contributed by atoms with van der Waals surface area (Å²) in [5.41, 5.74) is 0.615. The Balaban J connectivity index is 2.32. The number of carbonyl (C=O) groups is 1. The smallest absolute Gasteiger partial charge is 0.170 e. The molecule has 1 unspecified atom stereocenters. The molecule has 1 aromatic rings. The number of piperidine rings is 1. The molecule has 104 valence electrons. The molecule has 0 spiro atoms. The molecule has 0 bridgehead atoms. The lowest BCUT2D eigenvalue weighted by molar-refractivity contribution is 0.0896. The second-order valence-corrected chi connectivity index (χ2v) is 5.45. The number of halogens is 1. The van der Waals surface area contributed by atoms with Crippen molar-refractivity contribution >= 4 is 21.7 Å². The van der Waals surface area contributed by atoms with Gasteiger partial charge in [0, 0.05) is 18.5 Å². The molecular formula is C14H18BrNO3. The first-order chi connectivity index (χ1) is 9.17. The van der Waals surface area contributed by atoms with Crippen molar-refractivity contribution in [2.75, 3.05) is 27.3 Å². The van der Waals surface area contributed by atoms with E-state index in [1.807, 2.05) is 0 Å². The van der Waals surface area contributed by atoms with Crippen LogP contribution in [-0.4, -0.2) is 33.1 Å². The van der Waals surface area contributed by atoms with E-state index < -0.39 is 0 Å². The van der Waals surface area contributed by atoms with Crippen LogP contribution in [0.3, 0.4) is 0 Å². The lowest BCUT2D eigenvalue weighted by atomic mass is 9.90. The zero-order valence-corrected chi connectivity index (χ0v) is 12.7. The van der Waals surface area contributed by atoms with E-state index in [1.54, 1.807) is 26.4 Å². The molecule has 1 saturated heterocycles. The predicted octanol–water partition coefficient (Wildman–Crippen LogP) is 2.65. The van der Waals surface area contributed by atoms with Crippen LogP contribution in [0.25, 0.3) is 0 Å². The fourth-order valence-electron chi connectivity index (χ4n) is 2.35. The molecule has 5 heteroatoms. The van der Waals surface area contributed by atoms with E-state index >= 15 is 0 Å². The number of Topliss-reactive ketones (excluding diaryl/α,β-unsaturated/α-hetero) is 1. The third-order valence-corrected chi connectivity index (χ3v) is 4.03. The quantitative estimate of drug-likeness (QED) is 0.864. The Bertz CT molecular complexity index is 470. The van der Waals surface area contributed by atoms with E-state index in [-0.39, 0.29) is 11.7 Å². The van der Waals surface area contributed by atoms with Gasteiger partial charge in [0.1, 0.15) is 11.5 Å². The van der Waals surface area contributed by atoms with Gasteiger partial charge >= 0.3 is 0 Å². The molecule has 2 rings (SSSR count). The third-order valence-electron chi connectivity index (χ3n) is 3.41. The van der Waals surface area contributed by atoms with Gasteiger partial charge in [0.15, 0.2) is 5.78 Å². The molecule has 0 amide bonds. The van der Waals surface area contributed by atoms with Crippen molar-refractivity contribution in [3.63, 3.8) is 0 Å². The molecule has 0 saturated carbocycles. The van der Waals surface area contributed by atoms with Crippen molar-refractivity contribution in [2.45, 2.75) is 12.8 Å². The maximum Gasteiger partial charge on any atom is 0.170 e. The molecule has 1 aliphatic heterocycles. The molecule has 1 fully saturated rings. The molecule has 0 aromatic heterocycles. The number of carbonyl (C=O) groups excluding carboxylic acids is 1. The second-order valence-electron chi connectivity index (χ2n) is 4.59. The molecule has 4 nitrogen and oxygen atoms in total. The summed E-state index contributed by atoms with van der Waals surface area (Å²) in [5, 5.41) is 3.26. The number of benzene rings is 1. The largest absolute Gasteiger partial charge is 0.496 e. The minimum absolute atomic E-state index is 0.0305. The summed E-state index contributed by atoms with van der Waals surface area (Å²) in [6.07, 6.45) is 1.97. The van der Waals surface area contributed by atoms with Crippen LogP contribution in [0, 0.1) is 5.92 Å². The number of hydrogen-bond acceptors (Lipinski definition) is 4. The summed E-state index contributed by atoms with van der Waals surface area (Å²) in [7, 11) is 3.16. The van der Waals surface area contributed by atoms with Gasteiger partial charge in [0.25, 0.3) is 0 Å². The molecule has 19 heavy (non-hydrogen) atoms. The lowest BCUT2D eigenvalue weighted by Crippen LogP contribution is -2.34. The van der Waals surface area contributed by atoms with Crippen molar-refractivity contribution in [1.82, 2.24) is 5.32 Å². The minimum atomic E-state index is 0.0305. The maximum atomic E-state index is 12.5. The second kappa shape index (κ2) is 6.39. The normalized spacial score (nSPS) is 19.0. The zero-order chi connectivity index (χ0) is 13.8. The topological polar surface area (TPSA) is 47.6 Å². The number of nitrogens with one attached hydrogen (secondary N) is 1. The Labute approximate surface area is 121 Å². The highest BCUT2D eigenvalue weighted by atomic mass is 79.9. The van der Waals surface area contributed by atoms with Crippen LogP contribution >= 0.6 is 15.9 Å². The van der Waals surface area contributed by atoms with Crippen molar-refractivity contribution in [2.24, 2.45) is 5.92 Å². The van der Waals surface area contributed by atoms with Gasteiger partial charge in [-0.3, -0.25) is 4.79 Å². The van der Waals surface area contributed by atoms with E-state index in [4.69, 9.17) is 9.47 Å². The molecule has 0 aliphatic carbocycles. The fraction of sp³-hybridized carbons (Fsp3) is 0.500. The summed E-state index contributed by atoms with van der Waals surface area (Å²) >= 11 is 3.41. The highest BCUT2D eigenvalue weighted by molar-refractivity contribution is 9.10. The van der Waals surface area contributed by atoms with E-state index in [9.17, 15) is 4.79 Å². The molecule has 1 atom stereocenters. The van der Waals surface area contributed by atoms with Gasteiger partial charge in [-0.2, -0.15) is 0 Å². The molecule has 1 N–H and O–H groups in total. The average molecular weight is 328 g/mol. The molecule has 1 heterocycles. The Kier molecular flexibility index (Phi) is 4.82. The number of rotatable bonds is 4. The van der Waals surface area contributed by atoms with E-state index in [0.29, 0.717) is 17.1 Å². The highest BCUT2D eigenvalue weighted by Crippen LogP contribution is 2.34. The van der Waals surface area contributed by atoms with E-state index in [2.05, 4.69) is 21.2 Å². The standard InChI is InChI=1S/C14H18BrNO3/c1-18-12-7-13(19-2)11(15)6-10(12)14(17)9-4-3-5-16-8-9/h6-7,9,16H,3-5,8H2,1-2H3. The van der Waals surface area contributed by atoms with Crippen LogP contribution in [0.4, 0.5) is 0 Å². The maximum absolute atomic E-state index is 12.5. The molecule has 1 aromatic carbocycles. The average Bonchev–Trinajstić information content (AvgIpc) is 2.47. The van der Waals surface area contributed by atoms with Crippen molar-refractivity contribution < 1.29 is 14.3 Å². The SMILES string of the molecule is COc1cc(OC)c(C(=O)C2CCCNC2)cc1Br. The molecule has 1 aliphatic rings. The number of methoxy groups -OCH3 is 2. The summed E-state index contributed by atoms with van der Waals surface area (Å²) < 4.78 is 11.3. The predicted molar refractivity (Wildman–Crippen MR) is 77.2 cm³/mol. The molecule has 0 radical (unpaired) electrons. The number of ketones is 1. The Morgan fingerprint density at radius 3 is 2.63 bits per heavy atom. The van der Waals surface area contributed by atoms with Crippen molar-refractivity contribution in [3.8, 4) is 11.5 Å². The lowest BCUT2D eigenvalue weighted by Gasteiger charge is -2.22. The Hall–Kier alpha value is -1.07. The fourth-order valence-corrected chi connectivity index (χ4v) is 2.85. The van der Waals surface area contributed by atoms with Crippen molar-refractivity contribution in [3.05, 3.63) is 22.2 Å². The van der Waals surface area contributed by atoms with Crippen molar-refractivity contribution in [1.29, 1.82) is 0 Å². The van der Waals surface area contributed by atoms with Crippen LogP contribution in [0.15, 0.2) is 16.6 Å². The first-order valence-corrected chi connectivity index (χ1v) is 7.13. The monoisotopic (exact) mass is 327 g/mol. The third kappa shape index (κ3) is 3.09. The van der Waals surface area contributed by atoms with E-state index in [1.165, 1.54) is 0 Å². The highest BCUT2D eigenvalue weighted by Gasteiger charge is 2.25. The van der Waals surface area contributed by atoms with Crippen LogP contribution < -0.4 is 14.8 Å². The number of hydrogen-bond donors (Lipinski definition) is 1. The van der Waals surface area contributed by atoms with Crippen LogP contribution in [-0.2, 0) is 0 Å². The van der Waals surface area contributed by atoms with Gasteiger partial charge in [-0.25, -0.2) is 0 Å². The summed E-state index contributed by atoms with van der Waals surface area (Å²) in [6, 6.07) is 3.53. The van der Waals surface area contributed by atoms with Gasteiger partial charge in [-0.1, -0.05) is 0 Å². The first kappa shape index (κ1) is 14.3. The van der Waals surface area contributed by atoms with Crippen LogP contribution in [0.5, 0.6) is 11.5 Å². The zero-order valence-electron chi connectivity index (χ0n) is 11.2. The Morgan fingerprint density at radius 1 is 1.32 bits per heavy atom. The van der Waals surface area contributed by atoms with Crippen LogP contribution in [0.1, 0.15) is 23.2 Å². The molecular weight excluding hydrogens is 310 g/mol. The summed E-state index contributed by atoms with van der Waals surface area (Å²) in [4.78, 5) is 12.5. The van der Waals surface area contributed by atoms with Gasteiger partial charge in [0.05, 0.1) is 24.3 Å². The summed E-state index contributed by atoms with van der Waals surface area (Å²) in [6.45, 7) is 1.73. The number of ether oxygens (including phenoxy) is 2. The van der Waals surface area contributed by atoms with Gasteiger partial charge in [0.2, 0.25) is 0 Å². The minimum Gasteiger partial charge on any atom is -0.496 e. The van der Waals surface area contributed by atoms with Gasteiger partial charge in [-0.15, -0.1) is 0 Å². The van der Waals surface area contributed by atoms with Gasteiger partial charge in [-0.05, 0) is 41.4 Å². The first-order valence-electron chi connectivity index (χ1n) is 6.33.